The first kappa shape index (κ1) is 8.10. The Morgan fingerprint density at radius 3 is 3.00 bits per heavy atom. The Kier molecular flexibility index (Phi) is 1.72. The molecule has 0 unspecified atom stereocenters. The topological polar surface area (TPSA) is 38.1 Å². The van der Waals surface area contributed by atoms with Gasteiger partial charge in [0.15, 0.2) is 5.82 Å². The highest BCUT2D eigenvalue weighted by molar-refractivity contribution is 5.77. The fraction of sp³-hybridized carbons (Fsp3) is 0.300. The lowest BCUT2D eigenvalue weighted by atomic mass is 9.95. The summed E-state index contributed by atoms with van der Waals surface area (Å²) in [6.07, 6.45) is 9.32. The second kappa shape index (κ2) is 2.76. The molecular formula is C10H11N3. The highest BCUT2D eigenvalue weighted by Gasteiger charge is 2.13. The van der Waals surface area contributed by atoms with Crippen molar-refractivity contribution in [2.24, 2.45) is 10.4 Å². The van der Waals surface area contributed by atoms with E-state index in [4.69, 9.17) is 0 Å². The van der Waals surface area contributed by atoms with Crippen molar-refractivity contribution in [3.05, 3.63) is 24.2 Å². The summed E-state index contributed by atoms with van der Waals surface area (Å²) in [4.78, 5) is 12.3. The first-order valence-electron chi connectivity index (χ1n) is 4.22. The molecule has 0 atom stereocenters. The van der Waals surface area contributed by atoms with Gasteiger partial charge in [-0.1, -0.05) is 26.0 Å². The lowest BCUT2D eigenvalue weighted by Gasteiger charge is -2.10. The molecule has 0 spiro atoms. The van der Waals surface area contributed by atoms with Gasteiger partial charge in [0.25, 0.3) is 0 Å². The summed E-state index contributed by atoms with van der Waals surface area (Å²) in [6, 6.07) is 0. The molecule has 2 heterocycles. The zero-order valence-electron chi connectivity index (χ0n) is 7.73. The molecule has 0 saturated carbocycles. The normalized spacial score (nSPS) is 18.0. The molecule has 0 saturated heterocycles. The first-order valence-corrected chi connectivity index (χ1v) is 4.22. The molecule has 1 aliphatic heterocycles. The predicted molar refractivity (Wildman–Crippen MR) is 53.0 cm³/mol. The van der Waals surface area contributed by atoms with Gasteiger partial charge in [0.2, 0.25) is 0 Å². The lowest BCUT2D eigenvalue weighted by molar-refractivity contribution is 0.699. The highest BCUT2D eigenvalue weighted by Crippen LogP contribution is 2.25. The Morgan fingerprint density at radius 1 is 1.31 bits per heavy atom. The van der Waals surface area contributed by atoms with Gasteiger partial charge in [0.1, 0.15) is 6.33 Å². The Bertz CT molecular complexity index is 343. The Labute approximate surface area is 77.3 Å². The van der Waals surface area contributed by atoms with Crippen LogP contribution in [0.25, 0.3) is 6.08 Å². The monoisotopic (exact) mass is 173 g/mol. The van der Waals surface area contributed by atoms with E-state index in [-0.39, 0.29) is 5.41 Å². The van der Waals surface area contributed by atoms with E-state index in [1.54, 1.807) is 6.20 Å². The van der Waals surface area contributed by atoms with Crippen molar-refractivity contribution < 1.29 is 0 Å². The average Bonchev–Trinajstić information content (AvgIpc) is 2.27. The van der Waals surface area contributed by atoms with Gasteiger partial charge in [-0.2, -0.15) is 0 Å². The fourth-order valence-corrected chi connectivity index (χ4v) is 1.13. The van der Waals surface area contributed by atoms with Gasteiger partial charge in [0.05, 0.1) is 0 Å². The number of hydrogen-bond donors (Lipinski definition) is 0. The largest absolute Gasteiger partial charge is 0.244 e. The van der Waals surface area contributed by atoms with E-state index >= 15 is 0 Å². The molecule has 0 amide bonds. The van der Waals surface area contributed by atoms with Crippen LogP contribution in [0.3, 0.4) is 0 Å². The van der Waals surface area contributed by atoms with Crippen LogP contribution in [0.15, 0.2) is 23.6 Å². The van der Waals surface area contributed by atoms with E-state index in [0.29, 0.717) is 0 Å². The lowest BCUT2D eigenvalue weighted by Crippen LogP contribution is -2.07. The first-order chi connectivity index (χ1) is 6.17. The van der Waals surface area contributed by atoms with Crippen molar-refractivity contribution in [1.82, 2.24) is 9.97 Å². The van der Waals surface area contributed by atoms with Crippen molar-refractivity contribution in [2.45, 2.75) is 13.8 Å². The van der Waals surface area contributed by atoms with Gasteiger partial charge >= 0.3 is 0 Å². The molecule has 0 bridgehead atoms. The minimum Gasteiger partial charge on any atom is -0.244 e. The zero-order chi connectivity index (χ0) is 9.31. The number of hydrogen-bond acceptors (Lipinski definition) is 3. The molecule has 0 radical (unpaired) electrons. The maximum Gasteiger partial charge on any atom is 0.162 e. The second-order valence-electron chi connectivity index (χ2n) is 3.71. The number of aliphatic imine (C=N–C) groups is 1. The van der Waals surface area contributed by atoms with Gasteiger partial charge in [-0.05, 0) is 0 Å². The number of fused-ring (bicyclic) bond motifs is 1. The highest BCUT2D eigenvalue weighted by atomic mass is 14.9. The summed E-state index contributed by atoms with van der Waals surface area (Å²) >= 11 is 0. The van der Waals surface area contributed by atoms with Gasteiger partial charge in [-0.15, -0.1) is 0 Å². The van der Waals surface area contributed by atoms with Crippen molar-refractivity contribution in [2.75, 3.05) is 0 Å². The van der Waals surface area contributed by atoms with Crippen molar-refractivity contribution in [1.29, 1.82) is 0 Å². The summed E-state index contributed by atoms with van der Waals surface area (Å²) in [7, 11) is 0. The number of rotatable bonds is 0. The van der Waals surface area contributed by atoms with Crippen molar-refractivity contribution in [3.63, 3.8) is 0 Å². The maximum atomic E-state index is 4.30. The molecule has 1 aromatic heterocycles. The number of allylic oxidation sites excluding steroid dienone is 1. The molecule has 0 N–H and O–H groups in total. The van der Waals surface area contributed by atoms with Gasteiger partial charge in [0, 0.05) is 23.4 Å². The van der Waals surface area contributed by atoms with Crippen LogP contribution in [-0.2, 0) is 0 Å². The SMILES string of the molecule is CC1(C)C=Cc2cncnc2N=C1. The summed E-state index contributed by atoms with van der Waals surface area (Å²) in [5, 5.41) is 0. The Balaban J connectivity index is 2.53. The predicted octanol–water partition coefficient (Wildman–Crippen LogP) is 2.23. The Morgan fingerprint density at radius 2 is 2.15 bits per heavy atom. The number of nitrogens with zero attached hydrogens (tertiary/aromatic N) is 3. The van der Waals surface area contributed by atoms with E-state index in [1.807, 2.05) is 12.3 Å². The third kappa shape index (κ3) is 1.64. The van der Waals surface area contributed by atoms with E-state index < -0.39 is 0 Å². The minimum atomic E-state index is 0.000694. The van der Waals surface area contributed by atoms with Gasteiger partial charge in [-0.25, -0.2) is 15.0 Å². The smallest absolute Gasteiger partial charge is 0.162 e. The summed E-state index contributed by atoms with van der Waals surface area (Å²) in [5.74, 6) is 0.747. The Hall–Kier alpha value is -1.51. The molecule has 0 fully saturated rings. The zero-order valence-corrected chi connectivity index (χ0v) is 7.73. The van der Waals surface area contributed by atoms with Crippen LogP contribution in [0.5, 0.6) is 0 Å². The van der Waals surface area contributed by atoms with Gasteiger partial charge < -0.3 is 0 Å². The molecule has 1 aromatic rings. The second-order valence-corrected chi connectivity index (χ2v) is 3.71. The van der Waals surface area contributed by atoms with Gasteiger partial charge in [-0.3, -0.25) is 0 Å². The van der Waals surface area contributed by atoms with Crippen LogP contribution < -0.4 is 0 Å². The fourth-order valence-electron chi connectivity index (χ4n) is 1.13. The molecule has 2 rings (SSSR count). The van der Waals surface area contributed by atoms with Crippen LogP contribution >= 0.6 is 0 Å². The van der Waals surface area contributed by atoms with Crippen LogP contribution in [0.1, 0.15) is 19.4 Å². The third-order valence-electron chi connectivity index (χ3n) is 1.93. The molecule has 3 nitrogen and oxygen atoms in total. The summed E-state index contributed by atoms with van der Waals surface area (Å²) in [5.41, 5.74) is 0.977. The summed E-state index contributed by atoms with van der Waals surface area (Å²) in [6.45, 7) is 4.21. The molecule has 13 heavy (non-hydrogen) atoms. The number of aromatic nitrogens is 2. The van der Waals surface area contributed by atoms with E-state index in [2.05, 4.69) is 34.9 Å². The molecule has 0 aromatic carbocycles. The van der Waals surface area contributed by atoms with Crippen molar-refractivity contribution >= 4 is 18.1 Å². The van der Waals surface area contributed by atoms with E-state index in [1.165, 1.54) is 6.33 Å². The van der Waals surface area contributed by atoms with Crippen molar-refractivity contribution in [3.8, 4) is 0 Å². The quantitative estimate of drug-likeness (QED) is 0.603. The molecular weight excluding hydrogens is 162 g/mol. The molecule has 66 valence electrons. The summed E-state index contributed by atoms with van der Waals surface area (Å²) < 4.78 is 0. The van der Waals surface area contributed by atoms with Crippen LogP contribution in [0.4, 0.5) is 5.82 Å². The van der Waals surface area contributed by atoms with Crippen LogP contribution in [0.2, 0.25) is 0 Å². The standard InChI is InChI=1S/C10H11N3/c1-10(2)4-3-8-5-11-7-13-9(8)12-6-10/h3-7H,1-2H3. The van der Waals surface area contributed by atoms with Crippen LogP contribution in [-0.4, -0.2) is 16.2 Å². The molecule has 0 aliphatic carbocycles. The van der Waals surface area contributed by atoms with E-state index in [0.717, 1.165) is 11.4 Å². The average molecular weight is 173 g/mol. The molecule has 3 heteroatoms. The van der Waals surface area contributed by atoms with E-state index in [9.17, 15) is 0 Å². The molecule has 1 aliphatic rings. The third-order valence-corrected chi connectivity index (χ3v) is 1.93. The maximum absolute atomic E-state index is 4.30. The minimum absolute atomic E-state index is 0.000694. The van der Waals surface area contributed by atoms with Crippen LogP contribution in [0, 0.1) is 5.41 Å².